The van der Waals surface area contributed by atoms with Crippen molar-refractivity contribution < 1.29 is 4.79 Å². The van der Waals surface area contributed by atoms with Crippen molar-refractivity contribution in [2.45, 2.75) is 32.1 Å². The van der Waals surface area contributed by atoms with Crippen LogP contribution in [-0.2, 0) is 17.9 Å². The number of rotatable bonds is 7. The van der Waals surface area contributed by atoms with Gasteiger partial charge in [0, 0.05) is 30.2 Å². The molecule has 3 rings (SSSR count). The van der Waals surface area contributed by atoms with Crippen LogP contribution in [0.25, 0.3) is 0 Å². The Bertz CT molecular complexity index is 864. The van der Waals surface area contributed by atoms with Gasteiger partial charge in [-0.15, -0.1) is 0 Å². The summed E-state index contributed by atoms with van der Waals surface area (Å²) in [6, 6.07) is 12.0. The number of nitrogens with one attached hydrogen (secondary N) is 1. The second-order valence-electron chi connectivity index (χ2n) is 5.89. The molecule has 2 heterocycles. The van der Waals surface area contributed by atoms with Crippen molar-refractivity contribution in [3.8, 4) is 0 Å². The highest BCUT2D eigenvalue weighted by Crippen LogP contribution is 2.15. The van der Waals surface area contributed by atoms with Crippen molar-refractivity contribution >= 4 is 17.7 Å². The summed E-state index contributed by atoms with van der Waals surface area (Å²) in [6.07, 6.45) is 3.34. The molecule has 3 aromatic rings. The van der Waals surface area contributed by atoms with E-state index in [4.69, 9.17) is 0 Å². The third-order valence-electron chi connectivity index (χ3n) is 4.04. The lowest BCUT2D eigenvalue weighted by atomic mass is 10.2. The molecular weight excluding hydrogens is 346 g/mol. The fourth-order valence-electron chi connectivity index (χ4n) is 2.63. The van der Waals surface area contributed by atoms with E-state index in [0.717, 1.165) is 23.5 Å². The van der Waals surface area contributed by atoms with E-state index in [1.165, 1.54) is 17.3 Å². The molecule has 1 amide bonds. The van der Waals surface area contributed by atoms with E-state index in [1.807, 2.05) is 36.7 Å². The van der Waals surface area contributed by atoms with E-state index in [2.05, 4.69) is 32.5 Å². The third kappa shape index (κ3) is 4.70. The number of aryl methyl sites for hydroxylation is 1. The minimum absolute atomic E-state index is 0.0444. The Morgan fingerprint density at radius 2 is 1.85 bits per heavy atom. The Hall–Kier alpha value is -2.67. The molecule has 0 saturated heterocycles. The van der Waals surface area contributed by atoms with E-state index in [9.17, 15) is 4.79 Å². The average molecular weight is 367 g/mol. The monoisotopic (exact) mass is 367 g/mol. The summed E-state index contributed by atoms with van der Waals surface area (Å²) < 4.78 is 1.98. The summed E-state index contributed by atoms with van der Waals surface area (Å²) >= 11 is 1.32. The summed E-state index contributed by atoms with van der Waals surface area (Å²) in [4.78, 5) is 20.3. The lowest BCUT2D eigenvalue weighted by Crippen LogP contribution is -2.25. The molecule has 0 fully saturated rings. The predicted molar refractivity (Wildman–Crippen MR) is 102 cm³/mol. The molecule has 6 nitrogen and oxygen atoms in total. The molecule has 1 aromatic carbocycles. The zero-order valence-electron chi connectivity index (χ0n) is 14.8. The first kappa shape index (κ1) is 18.1. The maximum atomic E-state index is 12.1. The molecule has 2 aromatic heterocycles. The number of carbonyl (C=O) groups excluding carboxylic acids is 1. The van der Waals surface area contributed by atoms with Crippen molar-refractivity contribution in [2.75, 3.05) is 5.75 Å². The topological polar surface area (TPSA) is 72.7 Å². The number of carbonyl (C=O) groups is 1. The molecule has 0 aliphatic heterocycles. The van der Waals surface area contributed by atoms with Gasteiger partial charge in [0.25, 0.3) is 0 Å². The van der Waals surface area contributed by atoms with Crippen LogP contribution >= 0.6 is 11.8 Å². The van der Waals surface area contributed by atoms with E-state index < -0.39 is 0 Å². The van der Waals surface area contributed by atoms with Gasteiger partial charge in [0.05, 0.1) is 18.0 Å². The molecule has 0 unspecified atom stereocenters. The molecule has 0 aliphatic rings. The molecule has 0 radical (unpaired) electrons. The van der Waals surface area contributed by atoms with Crippen LogP contribution in [-0.4, -0.2) is 31.4 Å². The smallest absolute Gasteiger partial charge is 0.230 e. The summed E-state index contributed by atoms with van der Waals surface area (Å²) in [5.74, 6) is 0.248. The molecule has 0 aliphatic carbocycles. The van der Waals surface area contributed by atoms with Gasteiger partial charge >= 0.3 is 0 Å². The summed E-state index contributed by atoms with van der Waals surface area (Å²) in [6.45, 7) is 5.21. The third-order valence-corrected chi connectivity index (χ3v) is 4.92. The highest BCUT2D eigenvalue weighted by molar-refractivity contribution is 7.99. The van der Waals surface area contributed by atoms with E-state index in [-0.39, 0.29) is 5.91 Å². The van der Waals surface area contributed by atoms with Gasteiger partial charge in [0.15, 0.2) is 5.16 Å². The van der Waals surface area contributed by atoms with Gasteiger partial charge in [0.2, 0.25) is 5.91 Å². The number of thioether (sulfide) groups is 1. The molecular formula is C19H21N5OS. The van der Waals surface area contributed by atoms with Gasteiger partial charge in [-0.2, -0.15) is 5.10 Å². The average Bonchev–Trinajstić information content (AvgIpc) is 2.93. The highest BCUT2D eigenvalue weighted by Gasteiger charge is 2.13. The van der Waals surface area contributed by atoms with Gasteiger partial charge in [-0.05, 0) is 25.5 Å². The van der Waals surface area contributed by atoms with Gasteiger partial charge in [-0.3, -0.25) is 9.48 Å². The Morgan fingerprint density at radius 1 is 1.12 bits per heavy atom. The molecule has 26 heavy (non-hydrogen) atoms. The predicted octanol–water partition coefficient (Wildman–Crippen LogP) is 2.75. The number of nitrogens with zero attached hydrogens (tertiary/aromatic N) is 4. The van der Waals surface area contributed by atoms with Crippen molar-refractivity contribution in [3.05, 3.63) is 71.3 Å². The van der Waals surface area contributed by atoms with Crippen LogP contribution in [0.2, 0.25) is 0 Å². The molecule has 1 N–H and O–H groups in total. The molecule has 7 heteroatoms. The van der Waals surface area contributed by atoms with E-state index >= 15 is 0 Å². The fourth-order valence-corrected chi connectivity index (χ4v) is 3.26. The summed E-state index contributed by atoms with van der Waals surface area (Å²) in [5, 5.41) is 8.18. The first-order valence-electron chi connectivity index (χ1n) is 8.37. The Kier molecular flexibility index (Phi) is 6.01. The molecule has 0 saturated carbocycles. The molecule has 0 spiro atoms. The van der Waals surface area contributed by atoms with Crippen LogP contribution in [0.4, 0.5) is 0 Å². The highest BCUT2D eigenvalue weighted by atomic mass is 32.2. The maximum absolute atomic E-state index is 12.1. The van der Waals surface area contributed by atoms with Crippen LogP contribution in [0.3, 0.4) is 0 Å². The van der Waals surface area contributed by atoms with Crippen molar-refractivity contribution in [1.29, 1.82) is 0 Å². The number of hydrogen-bond acceptors (Lipinski definition) is 5. The van der Waals surface area contributed by atoms with Crippen molar-refractivity contribution in [3.63, 3.8) is 0 Å². The van der Waals surface area contributed by atoms with Crippen LogP contribution in [0.5, 0.6) is 0 Å². The number of amides is 1. The quantitative estimate of drug-likeness (QED) is 0.513. The number of aromatic nitrogens is 4. The number of benzene rings is 1. The Morgan fingerprint density at radius 3 is 2.58 bits per heavy atom. The molecule has 0 bridgehead atoms. The van der Waals surface area contributed by atoms with Gasteiger partial charge in [-0.25, -0.2) is 9.97 Å². The minimum Gasteiger partial charge on any atom is -0.351 e. The van der Waals surface area contributed by atoms with E-state index in [0.29, 0.717) is 17.5 Å². The van der Waals surface area contributed by atoms with Crippen LogP contribution in [0, 0.1) is 13.8 Å². The largest absolute Gasteiger partial charge is 0.351 e. The van der Waals surface area contributed by atoms with Crippen LogP contribution in [0.15, 0.2) is 53.9 Å². The SMILES string of the molecule is Cc1nn(Cc2ccccc2)c(C)c1CNC(=O)CSc1ncccn1. The van der Waals surface area contributed by atoms with Gasteiger partial charge in [-0.1, -0.05) is 42.1 Å². The number of hydrogen-bond donors (Lipinski definition) is 1. The Balaban J connectivity index is 1.57. The lowest BCUT2D eigenvalue weighted by molar-refractivity contribution is -0.118. The normalized spacial score (nSPS) is 10.7. The second-order valence-corrected chi connectivity index (χ2v) is 6.83. The summed E-state index contributed by atoms with van der Waals surface area (Å²) in [7, 11) is 0. The van der Waals surface area contributed by atoms with Gasteiger partial charge in [0.1, 0.15) is 0 Å². The zero-order valence-corrected chi connectivity index (χ0v) is 15.7. The fraction of sp³-hybridized carbons (Fsp3) is 0.263. The zero-order chi connectivity index (χ0) is 18.4. The second kappa shape index (κ2) is 8.62. The van der Waals surface area contributed by atoms with Crippen molar-refractivity contribution in [2.24, 2.45) is 0 Å². The first-order chi connectivity index (χ1) is 12.6. The van der Waals surface area contributed by atoms with Crippen LogP contribution < -0.4 is 5.32 Å². The minimum atomic E-state index is -0.0444. The van der Waals surface area contributed by atoms with Gasteiger partial charge < -0.3 is 5.32 Å². The molecule has 134 valence electrons. The van der Waals surface area contributed by atoms with E-state index in [1.54, 1.807) is 18.5 Å². The summed E-state index contributed by atoms with van der Waals surface area (Å²) in [5.41, 5.74) is 4.28. The lowest BCUT2D eigenvalue weighted by Gasteiger charge is -2.07. The Labute approximate surface area is 157 Å². The standard InChI is InChI=1S/C19H21N5OS/c1-14-17(11-22-18(25)13-26-19-20-9-6-10-21-19)15(2)24(23-14)12-16-7-4-3-5-8-16/h3-10H,11-13H2,1-2H3,(H,22,25). The van der Waals surface area contributed by atoms with Crippen molar-refractivity contribution in [1.82, 2.24) is 25.1 Å². The maximum Gasteiger partial charge on any atom is 0.230 e. The van der Waals surface area contributed by atoms with Crippen LogP contribution in [0.1, 0.15) is 22.5 Å². The first-order valence-corrected chi connectivity index (χ1v) is 9.35. The molecule has 0 atom stereocenters.